The van der Waals surface area contributed by atoms with Gasteiger partial charge in [0.2, 0.25) is 0 Å². The number of alkyl halides is 1. The Morgan fingerprint density at radius 2 is 1.88 bits per heavy atom. The lowest BCUT2D eigenvalue weighted by molar-refractivity contribution is 0.686. The fraction of sp³-hybridized carbons (Fsp3) is 0.357. The molecule has 2 rings (SSSR count). The molecule has 0 atom stereocenters. The van der Waals surface area contributed by atoms with Gasteiger partial charge in [-0.05, 0) is 17.0 Å². The van der Waals surface area contributed by atoms with Crippen LogP contribution < -0.4 is 0 Å². The molecule has 0 aliphatic heterocycles. The third-order valence-corrected chi connectivity index (χ3v) is 3.14. The minimum atomic E-state index is 0.520. The first-order valence-electron chi connectivity index (χ1n) is 5.85. The van der Waals surface area contributed by atoms with Crippen LogP contribution >= 0.6 is 11.6 Å². The van der Waals surface area contributed by atoms with Crippen molar-refractivity contribution in [3.05, 3.63) is 53.3 Å². The van der Waals surface area contributed by atoms with E-state index in [0.29, 0.717) is 11.8 Å². The molecule has 3 heteroatoms. The van der Waals surface area contributed by atoms with E-state index >= 15 is 0 Å². The number of nitrogens with zero attached hydrogens (tertiary/aromatic N) is 2. The summed E-state index contributed by atoms with van der Waals surface area (Å²) in [4.78, 5) is 0. The van der Waals surface area contributed by atoms with Crippen LogP contribution in [0, 0.1) is 0 Å². The molecule has 1 aromatic carbocycles. The first kappa shape index (κ1) is 12.2. The highest BCUT2D eigenvalue weighted by Gasteiger charge is 2.01. The van der Waals surface area contributed by atoms with Crippen molar-refractivity contribution in [2.45, 2.75) is 32.2 Å². The quantitative estimate of drug-likeness (QED) is 0.753. The molecule has 1 aromatic heterocycles. The number of aromatic nitrogens is 2. The summed E-state index contributed by atoms with van der Waals surface area (Å²) in [6.07, 6.45) is 3.80. The van der Waals surface area contributed by atoms with Crippen molar-refractivity contribution in [1.29, 1.82) is 0 Å². The summed E-state index contributed by atoms with van der Waals surface area (Å²) < 4.78 is 1.92. The van der Waals surface area contributed by atoms with Gasteiger partial charge in [0.1, 0.15) is 0 Å². The highest BCUT2D eigenvalue weighted by Crippen LogP contribution is 2.15. The molecule has 0 unspecified atom stereocenters. The lowest BCUT2D eigenvalue weighted by atomic mass is 10.0. The topological polar surface area (TPSA) is 17.8 Å². The maximum Gasteiger partial charge on any atom is 0.0659 e. The predicted molar refractivity (Wildman–Crippen MR) is 71.4 cm³/mol. The van der Waals surface area contributed by atoms with Crippen LogP contribution in [0.3, 0.4) is 0 Å². The van der Waals surface area contributed by atoms with Gasteiger partial charge >= 0.3 is 0 Å². The molecular weight excluding hydrogens is 232 g/mol. The largest absolute Gasteiger partial charge is 0.268 e. The minimum Gasteiger partial charge on any atom is -0.268 e. The molecule has 0 amide bonds. The molecule has 2 aromatic rings. The van der Waals surface area contributed by atoms with E-state index in [0.717, 1.165) is 12.1 Å². The Labute approximate surface area is 107 Å². The van der Waals surface area contributed by atoms with Crippen molar-refractivity contribution < 1.29 is 0 Å². The van der Waals surface area contributed by atoms with Crippen molar-refractivity contribution in [3.8, 4) is 0 Å². The average Bonchev–Trinajstić information content (AvgIpc) is 2.77. The zero-order chi connectivity index (χ0) is 12.3. The van der Waals surface area contributed by atoms with Gasteiger partial charge in [0.05, 0.1) is 18.6 Å². The van der Waals surface area contributed by atoms with Crippen LogP contribution in [0.2, 0.25) is 0 Å². The van der Waals surface area contributed by atoms with Crippen LogP contribution in [-0.4, -0.2) is 9.78 Å². The van der Waals surface area contributed by atoms with E-state index in [9.17, 15) is 0 Å². The fourth-order valence-electron chi connectivity index (χ4n) is 1.76. The highest BCUT2D eigenvalue weighted by molar-refractivity contribution is 6.17. The standard InChI is InChI=1S/C14H17ClN2/c1-11(2)14-5-3-12(4-6-14)9-17-10-13(7-15)8-16-17/h3-6,8,10-11H,7,9H2,1-2H3. The third-order valence-electron chi connectivity index (χ3n) is 2.83. The Kier molecular flexibility index (Phi) is 3.85. The number of hydrogen-bond donors (Lipinski definition) is 0. The van der Waals surface area contributed by atoms with Crippen LogP contribution in [0.5, 0.6) is 0 Å². The Morgan fingerprint density at radius 3 is 2.41 bits per heavy atom. The van der Waals surface area contributed by atoms with Crippen molar-refractivity contribution in [3.63, 3.8) is 0 Å². The van der Waals surface area contributed by atoms with Gasteiger partial charge in [-0.1, -0.05) is 38.1 Å². The maximum atomic E-state index is 5.75. The second kappa shape index (κ2) is 5.37. The molecular formula is C14H17ClN2. The number of rotatable bonds is 4. The summed E-state index contributed by atoms with van der Waals surface area (Å²) in [7, 11) is 0. The van der Waals surface area contributed by atoms with Crippen LogP contribution in [-0.2, 0) is 12.4 Å². The molecule has 90 valence electrons. The fourth-order valence-corrected chi connectivity index (χ4v) is 1.89. The normalized spacial score (nSPS) is 11.1. The van der Waals surface area contributed by atoms with Gasteiger partial charge in [-0.3, -0.25) is 4.68 Å². The zero-order valence-electron chi connectivity index (χ0n) is 10.2. The Hall–Kier alpha value is -1.28. The average molecular weight is 249 g/mol. The van der Waals surface area contributed by atoms with Crippen molar-refractivity contribution in [2.75, 3.05) is 0 Å². The Morgan fingerprint density at radius 1 is 1.18 bits per heavy atom. The van der Waals surface area contributed by atoms with Gasteiger partial charge in [0.15, 0.2) is 0 Å². The van der Waals surface area contributed by atoms with Gasteiger partial charge in [-0.25, -0.2) is 0 Å². The summed E-state index contributed by atoms with van der Waals surface area (Å²) in [5, 5.41) is 4.27. The SMILES string of the molecule is CC(C)c1ccc(Cn2cc(CCl)cn2)cc1. The number of hydrogen-bond acceptors (Lipinski definition) is 1. The minimum absolute atomic E-state index is 0.520. The van der Waals surface area contributed by atoms with E-state index in [1.807, 2.05) is 17.1 Å². The van der Waals surface area contributed by atoms with Crippen molar-refractivity contribution in [2.24, 2.45) is 0 Å². The molecule has 0 bridgehead atoms. The summed E-state index contributed by atoms with van der Waals surface area (Å²) in [5.41, 5.74) is 3.69. The molecule has 2 nitrogen and oxygen atoms in total. The predicted octanol–water partition coefficient (Wildman–Crippen LogP) is 3.79. The molecule has 0 aliphatic rings. The van der Waals surface area contributed by atoms with Crippen molar-refractivity contribution in [1.82, 2.24) is 9.78 Å². The molecule has 17 heavy (non-hydrogen) atoms. The highest BCUT2D eigenvalue weighted by atomic mass is 35.5. The lowest BCUT2D eigenvalue weighted by Crippen LogP contribution is -2.00. The van der Waals surface area contributed by atoms with Gasteiger partial charge in [0, 0.05) is 11.8 Å². The Bertz CT molecular complexity index is 471. The van der Waals surface area contributed by atoms with Crippen LogP contribution in [0.15, 0.2) is 36.7 Å². The van der Waals surface area contributed by atoms with Gasteiger partial charge in [-0.2, -0.15) is 5.10 Å². The summed E-state index contributed by atoms with van der Waals surface area (Å²) in [5.74, 6) is 1.10. The molecule has 0 spiro atoms. The number of benzene rings is 1. The molecule has 0 saturated heterocycles. The Balaban J connectivity index is 2.08. The van der Waals surface area contributed by atoms with Gasteiger partial charge in [0.25, 0.3) is 0 Å². The van der Waals surface area contributed by atoms with Crippen LogP contribution in [0.25, 0.3) is 0 Å². The maximum absolute atomic E-state index is 5.75. The monoisotopic (exact) mass is 248 g/mol. The molecule has 0 aliphatic carbocycles. The summed E-state index contributed by atoms with van der Waals surface area (Å²) >= 11 is 5.75. The number of halogens is 1. The molecule has 0 saturated carbocycles. The van der Waals surface area contributed by atoms with E-state index in [1.165, 1.54) is 11.1 Å². The zero-order valence-corrected chi connectivity index (χ0v) is 11.0. The third kappa shape index (κ3) is 3.10. The summed E-state index contributed by atoms with van der Waals surface area (Å²) in [6.45, 7) is 5.21. The molecule has 0 fully saturated rings. The van der Waals surface area contributed by atoms with Crippen LogP contribution in [0.1, 0.15) is 36.5 Å². The molecule has 0 radical (unpaired) electrons. The molecule has 0 N–H and O–H groups in total. The van der Waals surface area contributed by atoms with Gasteiger partial charge in [-0.15, -0.1) is 11.6 Å². The second-order valence-corrected chi connectivity index (χ2v) is 4.84. The van der Waals surface area contributed by atoms with E-state index in [-0.39, 0.29) is 0 Å². The molecule has 1 heterocycles. The smallest absolute Gasteiger partial charge is 0.0659 e. The van der Waals surface area contributed by atoms with E-state index in [1.54, 1.807) is 0 Å². The van der Waals surface area contributed by atoms with E-state index < -0.39 is 0 Å². The first-order chi connectivity index (χ1) is 8.19. The summed E-state index contributed by atoms with van der Waals surface area (Å²) in [6, 6.07) is 8.70. The van der Waals surface area contributed by atoms with E-state index in [4.69, 9.17) is 11.6 Å². The van der Waals surface area contributed by atoms with Crippen LogP contribution in [0.4, 0.5) is 0 Å². The van der Waals surface area contributed by atoms with Crippen molar-refractivity contribution >= 4 is 11.6 Å². The lowest BCUT2D eigenvalue weighted by Gasteiger charge is -2.07. The van der Waals surface area contributed by atoms with Gasteiger partial charge < -0.3 is 0 Å². The van der Waals surface area contributed by atoms with E-state index in [2.05, 4.69) is 43.2 Å². The second-order valence-electron chi connectivity index (χ2n) is 4.58. The first-order valence-corrected chi connectivity index (χ1v) is 6.38.